The predicted molar refractivity (Wildman–Crippen MR) is 87.9 cm³/mol. The number of halogens is 1. The Morgan fingerprint density at radius 3 is 2.43 bits per heavy atom. The molecule has 0 unspecified atom stereocenters. The molecule has 0 amide bonds. The molecule has 2 aromatic carbocycles. The van der Waals surface area contributed by atoms with Gasteiger partial charge in [-0.2, -0.15) is 5.10 Å². The molecule has 0 aliphatic carbocycles. The number of hydrazone groups is 1. The van der Waals surface area contributed by atoms with E-state index in [1.165, 1.54) is 0 Å². The van der Waals surface area contributed by atoms with Crippen LogP contribution in [0.5, 0.6) is 0 Å². The first-order valence-electron chi connectivity index (χ1n) is 5.82. The Morgan fingerprint density at radius 2 is 1.81 bits per heavy atom. The van der Waals surface area contributed by atoms with Crippen LogP contribution in [0, 0.1) is 0 Å². The topological polar surface area (TPSA) is 76.4 Å². The average molecular weight is 500 g/mol. The van der Waals surface area contributed by atoms with Crippen molar-refractivity contribution in [3.63, 3.8) is 0 Å². The summed E-state index contributed by atoms with van der Waals surface area (Å²) >= 11 is 10.8. The number of nitrogen functional groups attached to an aromatic ring is 1. The first kappa shape index (κ1) is 17.6. The molecule has 4 nitrogen and oxygen atoms in total. The summed E-state index contributed by atoms with van der Waals surface area (Å²) in [6.45, 7) is 0. The fourth-order valence-corrected chi connectivity index (χ4v) is 1.94. The van der Waals surface area contributed by atoms with Crippen LogP contribution < -0.4 is 16.9 Å². The van der Waals surface area contributed by atoms with Gasteiger partial charge in [0.05, 0.1) is 5.71 Å². The molecule has 2 aromatic rings. The fourth-order valence-electron chi connectivity index (χ4n) is 1.72. The Hall–Kier alpha value is -1.42. The summed E-state index contributed by atoms with van der Waals surface area (Å²) in [5.41, 5.74) is 16.8. The summed E-state index contributed by atoms with van der Waals surface area (Å²) in [5.74, 6) is 0. The van der Waals surface area contributed by atoms with Crippen LogP contribution >= 0.6 is 23.8 Å². The number of hydrogen-bond donors (Lipinski definition) is 3. The Labute approximate surface area is 147 Å². The molecule has 0 heterocycles. The van der Waals surface area contributed by atoms with Crippen molar-refractivity contribution >= 4 is 40.3 Å². The second-order valence-electron chi connectivity index (χ2n) is 4.03. The van der Waals surface area contributed by atoms with E-state index in [1.54, 1.807) is 18.2 Å². The summed E-state index contributed by atoms with van der Waals surface area (Å²) in [7, 11) is 0. The third-order valence-electron chi connectivity index (χ3n) is 2.60. The molecule has 2 rings (SSSR count). The molecule has 112 valence electrons. The zero-order valence-electron chi connectivity index (χ0n) is 10.8. The maximum Gasteiger partial charge on any atom is 0.184 e. The predicted octanol–water partition coefficient (Wildman–Crippen LogP) is 2.51. The van der Waals surface area contributed by atoms with E-state index in [2.05, 4.69) is 10.5 Å². The number of thiocarbonyl (C=S) groups is 1. The van der Waals surface area contributed by atoms with Crippen LogP contribution in [0.25, 0.3) is 0 Å². The number of hydrogen-bond acceptors (Lipinski definition) is 3. The largest absolute Gasteiger partial charge is 0.398 e. The van der Waals surface area contributed by atoms with Crippen LogP contribution in [0.1, 0.15) is 11.1 Å². The van der Waals surface area contributed by atoms with Crippen LogP contribution in [-0.4, -0.2) is 10.8 Å². The minimum atomic E-state index is 0. The van der Waals surface area contributed by atoms with Crippen molar-refractivity contribution in [1.82, 2.24) is 5.43 Å². The SMILES string of the molecule is NC(=S)NN=C(c1ccccc1)c1cc(Cl)ccc1N.[Pt]. The Kier molecular flexibility index (Phi) is 6.82. The number of nitrogens with one attached hydrogen (secondary N) is 1. The average Bonchev–Trinajstić information content (AvgIpc) is 2.43. The second kappa shape index (κ2) is 8.13. The third-order valence-corrected chi connectivity index (χ3v) is 2.92. The molecular formula is C14H13ClN4PtS. The maximum absolute atomic E-state index is 6.03. The van der Waals surface area contributed by atoms with Gasteiger partial charge in [-0.15, -0.1) is 0 Å². The minimum Gasteiger partial charge on any atom is -0.398 e. The Bertz CT molecular complexity index is 661. The monoisotopic (exact) mass is 499 g/mol. The molecule has 0 aromatic heterocycles. The van der Waals surface area contributed by atoms with Gasteiger partial charge in [-0.3, -0.25) is 5.43 Å². The molecule has 7 heteroatoms. The quantitative estimate of drug-likeness (QED) is 0.262. The van der Waals surface area contributed by atoms with Crippen molar-refractivity contribution < 1.29 is 21.1 Å². The van der Waals surface area contributed by atoms with Crippen LogP contribution in [0.4, 0.5) is 5.69 Å². The maximum atomic E-state index is 6.03. The normalized spacial score (nSPS) is 10.6. The van der Waals surface area contributed by atoms with E-state index in [4.69, 9.17) is 35.3 Å². The summed E-state index contributed by atoms with van der Waals surface area (Å²) in [4.78, 5) is 0. The van der Waals surface area contributed by atoms with E-state index in [0.717, 1.165) is 5.56 Å². The van der Waals surface area contributed by atoms with Crippen LogP contribution in [0.3, 0.4) is 0 Å². The molecule has 5 N–H and O–H groups in total. The Balaban J connectivity index is 0.00000220. The van der Waals surface area contributed by atoms with Crippen LogP contribution in [-0.2, 0) is 21.1 Å². The van der Waals surface area contributed by atoms with Gasteiger partial charge in [-0.05, 0) is 30.4 Å². The molecular weight excluding hydrogens is 487 g/mol. The number of anilines is 1. The molecule has 21 heavy (non-hydrogen) atoms. The molecule has 0 bridgehead atoms. The van der Waals surface area contributed by atoms with Crippen LogP contribution in [0.15, 0.2) is 53.6 Å². The van der Waals surface area contributed by atoms with Crippen LogP contribution in [0.2, 0.25) is 5.02 Å². The Morgan fingerprint density at radius 1 is 1.14 bits per heavy atom. The van der Waals surface area contributed by atoms with Gasteiger partial charge in [-0.25, -0.2) is 0 Å². The van der Waals surface area contributed by atoms with Crippen molar-refractivity contribution in [2.75, 3.05) is 5.73 Å². The van der Waals surface area contributed by atoms with Gasteiger partial charge in [0.2, 0.25) is 0 Å². The van der Waals surface area contributed by atoms with E-state index >= 15 is 0 Å². The van der Waals surface area contributed by atoms with Crippen molar-refractivity contribution in [1.29, 1.82) is 0 Å². The van der Waals surface area contributed by atoms with Gasteiger partial charge in [0.1, 0.15) is 0 Å². The standard InChI is InChI=1S/C14H13ClN4S.Pt/c15-10-6-7-12(16)11(8-10)13(18-19-14(17)20)9-4-2-1-3-5-9;/h1-8H,16H2,(H3,17,19,20);. The molecule has 0 radical (unpaired) electrons. The van der Waals surface area contributed by atoms with Gasteiger partial charge in [0.15, 0.2) is 5.11 Å². The molecule has 0 fully saturated rings. The molecule has 0 saturated carbocycles. The fraction of sp³-hybridized carbons (Fsp3) is 0. The minimum absolute atomic E-state index is 0. The van der Waals surface area contributed by atoms with Gasteiger partial charge in [0.25, 0.3) is 0 Å². The van der Waals surface area contributed by atoms with Gasteiger partial charge < -0.3 is 11.5 Å². The summed E-state index contributed by atoms with van der Waals surface area (Å²) in [6.07, 6.45) is 0. The summed E-state index contributed by atoms with van der Waals surface area (Å²) in [6, 6.07) is 14.8. The zero-order valence-corrected chi connectivity index (χ0v) is 14.7. The number of nitrogens with two attached hydrogens (primary N) is 2. The number of rotatable bonds is 3. The second-order valence-corrected chi connectivity index (χ2v) is 4.91. The van der Waals surface area contributed by atoms with Gasteiger partial charge >= 0.3 is 0 Å². The van der Waals surface area contributed by atoms with Gasteiger partial charge in [0, 0.05) is 42.9 Å². The van der Waals surface area contributed by atoms with Crippen molar-refractivity contribution in [3.8, 4) is 0 Å². The summed E-state index contributed by atoms with van der Waals surface area (Å²) in [5, 5.41) is 4.89. The summed E-state index contributed by atoms with van der Waals surface area (Å²) < 4.78 is 0. The van der Waals surface area contributed by atoms with E-state index in [0.29, 0.717) is 22.0 Å². The first-order valence-corrected chi connectivity index (χ1v) is 6.60. The van der Waals surface area contributed by atoms with Gasteiger partial charge in [-0.1, -0.05) is 41.9 Å². The third kappa shape index (κ3) is 4.81. The first-order chi connectivity index (χ1) is 9.58. The number of nitrogens with zero attached hydrogens (tertiary/aromatic N) is 1. The molecule has 0 aliphatic rings. The number of benzene rings is 2. The zero-order chi connectivity index (χ0) is 14.5. The van der Waals surface area contributed by atoms with E-state index in [1.807, 2.05) is 30.3 Å². The molecule has 0 aliphatic heterocycles. The van der Waals surface area contributed by atoms with E-state index in [-0.39, 0.29) is 26.2 Å². The van der Waals surface area contributed by atoms with Crippen molar-refractivity contribution in [2.45, 2.75) is 0 Å². The van der Waals surface area contributed by atoms with E-state index in [9.17, 15) is 0 Å². The molecule has 0 spiro atoms. The van der Waals surface area contributed by atoms with E-state index < -0.39 is 0 Å². The van der Waals surface area contributed by atoms with Crippen molar-refractivity contribution in [3.05, 3.63) is 64.7 Å². The molecule has 0 saturated heterocycles. The smallest absolute Gasteiger partial charge is 0.184 e. The van der Waals surface area contributed by atoms with Crippen molar-refractivity contribution in [2.24, 2.45) is 10.8 Å². The molecule has 0 atom stereocenters.